The van der Waals surface area contributed by atoms with Gasteiger partial charge in [-0.1, -0.05) is 35.3 Å². The van der Waals surface area contributed by atoms with Crippen molar-refractivity contribution in [3.63, 3.8) is 0 Å². The van der Waals surface area contributed by atoms with Crippen molar-refractivity contribution in [2.24, 2.45) is 0 Å². The molecule has 2 heterocycles. The van der Waals surface area contributed by atoms with E-state index in [-0.39, 0.29) is 0 Å². The van der Waals surface area contributed by atoms with Crippen LogP contribution in [0.2, 0.25) is 10.0 Å². The van der Waals surface area contributed by atoms with Crippen LogP contribution in [0.3, 0.4) is 0 Å². The maximum atomic E-state index is 6.09. The van der Waals surface area contributed by atoms with Crippen LogP contribution in [0.25, 0.3) is 22.4 Å². The minimum absolute atomic E-state index is 0.488. The lowest BCUT2D eigenvalue weighted by Gasteiger charge is -2.11. The van der Waals surface area contributed by atoms with Gasteiger partial charge >= 0.3 is 0 Å². The van der Waals surface area contributed by atoms with E-state index in [2.05, 4.69) is 25.3 Å². The SMILES string of the molecule is Clc1cc(Cl)cc(Nc2nc(-c3cnccn3)nc3ccccc23)c1. The number of fused-ring (bicyclic) bond motifs is 1. The van der Waals surface area contributed by atoms with E-state index < -0.39 is 0 Å². The predicted molar refractivity (Wildman–Crippen MR) is 100 cm³/mol. The first kappa shape index (κ1) is 15.7. The van der Waals surface area contributed by atoms with Gasteiger partial charge in [0.1, 0.15) is 11.5 Å². The summed E-state index contributed by atoms with van der Waals surface area (Å²) in [6.07, 6.45) is 4.85. The van der Waals surface area contributed by atoms with E-state index in [4.69, 9.17) is 23.2 Å². The molecule has 25 heavy (non-hydrogen) atoms. The number of benzene rings is 2. The van der Waals surface area contributed by atoms with E-state index in [9.17, 15) is 0 Å². The van der Waals surface area contributed by atoms with Crippen LogP contribution in [-0.4, -0.2) is 19.9 Å². The zero-order valence-corrected chi connectivity index (χ0v) is 14.3. The van der Waals surface area contributed by atoms with Crippen molar-refractivity contribution in [3.8, 4) is 11.5 Å². The molecule has 0 spiro atoms. The first-order valence-corrected chi connectivity index (χ1v) is 8.21. The maximum Gasteiger partial charge on any atom is 0.182 e. The molecule has 4 aromatic rings. The molecule has 0 bridgehead atoms. The van der Waals surface area contributed by atoms with Crippen molar-refractivity contribution < 1.29 is 0 Å². The molecule has 122 valence electrons. The molecule has 4 rings (SSSR count). The van der Waals surface area contributed by atoms with Gasteiger partial charge in [-0.2, -0.15) is 0 Å². The van der Waals surface area contributed by atoms with Gasteiger partial charge in [0, 0.05) is 33.5 Å². The number of anilines is 2. The summed E-state index contributed by atoms with van der Waals surface area (Å²) in [5.41, 5.74) is 2.14. The number of halogens is 2. The lowest BCUT2D eigenvalue weighted by molar-refractivity contribution is 1.13. The van der Waals surface area contributed by atoms with Crippen LogP contribution in [0, 0.1) is 0 Å². The van der Waals surface area contributed by atoms with E-state index in [0.717, 1.165) is 16.6 Å². The molecule has 0 aliphatic rings. The number of aromatic nitrogens is 4. The normalized spacial score (nSPS) is 10.8. The molecule has 0 saturated carbocycles. The summed E-state index contributed by atoms with van der Waals surface area (Å²) in [5, 5.41) is 5.24. The van der Waals surface area contributed by atoms with Crippen LogP contribution >= 0.6 is 23.2 Å². The highest BCUT2D eigenvalue weighted by atomic mass is 35.5. The average Bonchev–Trinajstić information content (AvgIpc) is 2.61. The van der Waals surface area contributed by atoms with E-state index in [1.165, 1.54) is 0 Å². The summed E-state index contributed by atoms with van der Waals surface area (Å²) in [4.78, 5) is 17.5. The van der Waals surface area contributed by atoms with E-state index in [1.54, 1.807) is 36.8 Å². The third-order valence-corrected chi connectivity index (χ3v) is 3.96. The summed E-state index contributed by atoms with van der Waals surface area (Å²) >= 11 is 12.2. The van der Waals surface area contributed by atoms with Gasteiger partial charge in [-0.05, 0) is 30.3 Å². The average molecular weight is 368 g/mol. The topological polar surface area (TPSA) is 63.6 Å². The Hall–Kier alpha value is -2.76. The monoisotopic (exact) mass is 367 g/mol. The molecule has 5 nitrogen and oxygen atoms in total. The molecule has 7 heteroatoms. The Balaban J connectivity index is 1.86. The molecule has 0 fully saturated rings. The van der Waals surface area contributed by atoms with Crippen LogP contribution in [0.4, 0.5) is 11.5 Å². The molecule has 1 N–H and O–H groups in total. The van der Waals surface area contributed by atoms with Gasteiger partial charge in [0.05, 0.1) is 11.7 Å². The van der Waals surface area contributed by atoms with E-state index in [0.29, 0.717) is 27.4 Å². The molecule has 0 radical (unpaired) electrons. The van der Waals surface area contributed by atoms with Crippen LogP contribution in [0.1, 0.15) is 0 Å². The summed E-state index contributed by atoms with van der Waals surface area (Å²) < 4.78 is 0. The van der Waals surface area contributed by atoms with Gasteiger partial charge in [0.15, 0.2) is 5.82 Å². The van der Waals surface area contributed by atoms with Crippen LogP contribution < -0.4 is 5.32 Å². The third-order valence-electron chi connectivity index (χ3n) is 3.52. The van der Waals surface area contributed by atoms with Crippen LogP contribution in [0.5, 0.6) is 0 Å². The standard InChI is InChI=1S/C18H11Cl2N5/c19-11-7-12(20)9-13(8-11)23-17-14-3-1-2-4-15(14)24-18(25-17)16-10-21-5-6-22-16/h1-10H,(H,23,24,25). The Bertz CT molecular complexity index is 1030. The van der Waals surface area contributed by atoms with Crippen molar-refractivity contribution in [3.05, 3.63) is 71.1 Å². The van der Waals surface area contributed by atoms with Crippen molar-refractivity contribution in [2.75, 3.05) is 5.32 Å². The quantitative estimate of drug-likeness (QED) is 0.543. The Kier molecular flexibility index (Phi) is 4.17. The maximum absolute atomic E-state index is 6.09. The van der Waals surface area contributed by atoms with Crippen molar-refractivity contribution >= 4 is 45.6 Å². The van der Waals surface area contributed by atoms with Gasteiger partial charge in [0.2, 0.25) is 0 Å². The highest BCUT2D eigenvalue weighted by Crippen LogP contribution is 2.29. The Labute approximate surface area is 153 Å². The molecular weight excluding hydrogens is 357 g/mol. The second-order valence-corrected chi connectivity index (χ2v) is 6.16. The van der Waals surface area contributed by atoms with E-state index in [1.807, 2.05) is 24.3 Å². The number of hydrogen-bond acceptors (Lipinski definition) is 5. The fourth-order valence-electron chi connectivity index (χ4n) is 2.46. The molecule has 0 unspecified atom stereocenters. The molecule has 2 aromatic carbocycles. The molecule has 0 atom stereocenters. The fraction of sp³-hybridized carbons (Fsp3) is 0. The number of nitrogens with one attached hydrogen (secondary N) is 1. The smallest absolute Gasteiger partial charge is 0.182 e. The summed E-state index contributed by atoms with van der Waals surface area (Å²) in [6.45, 7) is 0. The first-order chi connectivity index (χ1) is 12.2. The van der Waals surface area contributed by atoms with Gasteiger partial charge in [0.25, 0.3) is 0 Å². The highest BCUT2D eigenvalue weighted by molar-refractivity contribution is 6.35. The Morgan fingerprint density at radius 3 is 2.44 bits per heavy atom. The molecule has 2 aromatic heterocycles. The second kappa shape index (κ2) is 6.63. The van der Waals surface area contributed by atoms with Crippen molar-refractivity contribution in [1.29, 1.82) is 0 Å². The number of hydrogen-bond donors (Lipinski definition) is 1. The van der Waals surface area contributed by atoms with Crippen LogP contribution in [0.15, 0.2) is 61.1 Å². The van der Waals surface area contributed by atoms with Crippen molar-refractivity contribution in [1.82, 2.24) is 19.9 Å². The minimum atomic E-state index is 0.488. The summed E-state index contributed by atoms with van der Waals surface area (Å²) in [7, 11) is 0. The lowest BCUT2D eigenvalue weighted by Crippen LogP contribution is -2.00. The summed E-state index contributed by atoms with van der Waals surface area (Å²) in [5.74, 6) is 1.13. The lowest BCUT2D eigenvalue weighted by atomic mass is 10.2. The number of para-hydroxylation sites is 1. The van der Waals surface area contributed by atoms with Gasteiger partial charge in [-0.15, -0.1) is 0 Å². The van der Waals surface area contributed by atoms with Gasteiger partial charge < -0.3 is 5.32 Å². The minimum Gasteiger partial charge on any atom is -0.340 e. The van der Waals surface area contributed by atoms with Gasteiger partial charge in [-0.25, -0.2) is 15.0 Å². The molecule has 0 amide bonds. The molecule has 0 aliphatic carbocycles. The largest absolute Gasteiger partial charge is 0.340 e. The zero-order chi connectivity index (χ0) is 17.2. The van der Waals surface area contributed by atoms with Crippen LogP contribution in [-0.2, 0) is 0 Å². The third kappa shape index (κ3) is 3.38. The highest BCUT2D eigenvalue weighted by Gasteiger charge is 2.11. The zero-order valence-electron chi connectivity index (χ0n) is 12.8. The predicted octanol–water partition coefficient (Wildman–Crippen LogP) is 5.14. The molecule has 0 aliphatic heterocycles. The Morgan fingerprint density at radius 2 is 1.68 bits per heavy atom. The number of nitrogens with zero attached hydrogens (tertiary/aromatic N) is 4. The van der Waals surface area contributed by atoms with E-state index >= 15 is 0 Å². The number of rotatable bonds is 3. The first-order valence-electron chi connectivity index (χ1n) is 7.45. The second-order valence-electron chi connectivity index (χ2n) is 5.29. The summed E-state index contributed by atoms with van der Waals surface area (Å²) in [6, 6.07) is 13.0. The Morgan fingerprint density at radius 1 is 0.880 bits per heavy atom. The molecule has 0 saturated heterocycles. The van der Waals surface area contributed by atoms with Gasteiger partial charge in [-0.3, -0.25) is 4.98 Å². The fourth-order valence-corrected chi connectivity index (χ4v) is 2.99. The van der Waals surface area contributed by atoms with Crippen molar-refractivity contribution in [2.45, 2.75) is 0 Å². The molecular formula is C18H11Cl2N5.